The van der Waals surface area contributed by atoms with E-state index < -0.39 is 0 Å². The molecule has 0 amide bonds. The molecule has 1 spiro atoms. The fourth-order valence-corrected chi connectivity index (χ4v) is 4.87. The molecule has 2 atom stereocenters. The molecule has 4 aliphatic rings. The quantitative estimate of drug-likeness (QED) is 0.818. The highest BCUT2D eigenvalue weighted by Gasteiger charge is 2.39. The van der Waals surface area contributed by atoms with Crippen LogP contribution in [0.3, 0.4) is 0 Å². The average molecular weight is 279 g/mol. The first-order chi connectivity index (χ1) is 9.83. The first kappa shape index (κ1) is 13.5. The molecule has 2 unspecified atom stereocenters. The van der Waals surface area contributed by atoms with E-state index in [-0.39, 0.29) is 0 Å². The van der Waals surface area contributed by atoms with E-state index in [1.54, 1.807) is 0 Å². The van der Waals surface area contributed by atoms with E-state index in [0.717, 1.165) is 19.2 Å². The topological polar surface area (TPSA) is 27.7 Å². The van der Waals surface area contributed by atoms with Crippen molar-refractivity contribution < 1.29 is 4.74 Å². The van der Waals surface area contributed by atoms with Gasteiger partial charge in [0.15, 0.2) is 0 Å². The second-order valence-electron chi connectivity index (χ2n) is 7.40. The molecule has 114 valence electrons. The second-order valence-corrected chi connectivity index (χ2v) is 7.40. The molecule has 0 bridgehead atoms. The van der Waals surface area contributed by atoms with Crippen molar-refractivity contribution in [3.8, 4) is 0 Å². The van der Waals surface area contributed by atoms with E-state index >= 15 is 0 Å². The third-order valence-electron chi connectivity index (χ3n) is 5.94. The van der Waals surface area contributed by atoms with Gasteiger partial charge in [0.1, 0.15) is 0 Å². The van der Waals surface area contributed by atoms with Gasteiger partial charge in [-0.05, 0) is 32.2 Å². The Bertz CT molecular complexity index is 343. The van der Waals surface area contributed by atoms with E-state index in [4.69, 9.17) is 4.74 Å². The zero-order chi connectivity index (χ0) is 13.4. The number of piperazine rings is 1. The Morgan fingerprint density at radius 2 is 2.05 bits per heavy atom. The summed E-state index contributed by atoms with van der Waals surface area (Å²) in [5.74, 6) is 0. The summed E-state index contributed by atoms with van der Waals surface area (Å²) in [5.41, 5.74) is 0.448. The summed E-state index contributed by atoms with van der Waals surface area (Å²) in [7, 11) is 0. The Morgan fingerprint density at radius 1 is 1.15 bits per heavy atom. The lowest BCUT2D eigenvalue weighted by atomic mass is 9.94. The molecular weight excluding hydrogens is 250 g/mol. The van der Waals surface area contributed by atoms with Crippen molar-refractivity contribution in [3.05, 3.63) is 0 Å². The highest BCUT2D eigenvalue weighted by molar-refractivity contribution is 4.99. The fourth-order valence-electron chi connectivity index (χ4n) is 4.87. The van der Waals surface area contributed by atoms with Crippen molar-refractivity contribution in [1.82, 2.24) is 15.1 Å². The van der Waals surface area contributed by atoms with Crippen molar-refractivity contribution in [1.29, 1.82) is 0 Å². The Labute approximate surface area is 122 Å². The summed E-state index contributed by atoms with van der Waals surface area (Å²) in [5, 5.41) is 3.81. The fraction of sp³-hybridized carbons (Fsp3) is 1.00. The third kappa shape index (κ3) is 2.63. The monoisotopic (exact) mass is 279 g/mol. The number of hydrogen-bond donors (Lipinski definition) is 1. The van der Waals surface area contributed by atoms with Crippen molar-refractivity contribution in [2.45, 2.75) is 56.2 Å². The number of ether oxygens (including phenoxy) is 1. The number of nitrogens with one attached hydrogen (secondary N) is 1. The molecule has 0 aromatic carbocycles. The molecule has 0 aromatic rings. The predicted octanol–water partition coefficient (Wildman–Crippen LogP) is 1.07. The zero-order valence-corrected chi connectivity index (χ0v) is 12.6. The maximum absolute atomic E-state index is 6.14. The van der Waals surface area contributed by atoms with Crippen LogP contribution in [0.25, 0.3) is 0 Å². The van der Waals surface area contributed by atoms with Crippen LogP contribution in [0.15, 0.2) is 0 Å². The van der Waals surface area contributed by atoms with Crippen LogP contribution < -0.4 is 5.32 Å². The summed E-state index contributed by atoms with van der Waals surface area (Å²) in [6, 6.07) is 0.732. The van der Waals surface area contributed by atoms with E-state index in [0.29, 0.717) is 11.6 Å². The molecule has 0 aromatic heterocycles. The van der Waals surface area contributed by atoms with E-state index in [1.807, 2.05) is 0 Å². The van der Waals surface area contributed by atoms with Crippen LogP contribution in [0.4, 0.5) is 0 Å². The Kier molecular flexibility index (Phi) is 3.75. The van der Waals surface area contributed by atoms with Gasteiger partial charge in [0.25, 0.3) is 0 Å². The highest BCUT2D eigenvalue weighted by atomic mass is 16.5. The lowest BCUT2D eigenvalue weighted by molar-refractivity contribution is -0.0658. The molecule has 3 saturated heterocycles. The lowest BCUT2D eigenvalue weighted by Gasteiger charge is -2.44. The molecule has 4 rings (SSSR count). The highest BCUT2D eigenvalue weighted by Crippen LogP contribution is 2.32. The average Bonchev–Trinajstić information content (AvgIpc) is 3.08. The zero-order valence-electron chi connectivity index (χ0n) is 12.6. The summed E-state index contributed by atoms with van der Waals surface area (Å²) in [6.07, 6.45) is 8.75. The number of rotatable bonds is 2. The van der Waals surface area contributed by atoms with Crippen LogP contribution in [-0.4, -0.2) is 73.4 Å². The third-order valence-corrected chi connectivity index (χ3v) is 5.94. The van der Waals surface area contributed by atoms with Gasteiger partial charge in [-0.25, -0.2) is 0 Å². The van der Waals surface area contributed by atoms with Crippen LogP contribution in [0.5, 0.6) is 0 Å². The molecular formula is C16H29N3O. The van der Waals surface area contributed by atoms with Gasteiger partial charge in [-0.3, -0.25) is 9.80 Å². The van der Waals surface area contributed by atoms with Crippen molar-refractivity contribution in [3.63, 3.8) is 0 Å². The minimum Gasteiger partial charge on any atom is -0.374 e. The van der Waals surface area contributed by atoms with Crippen molar-refractivity contribution in [2.75, 3.05) is 45.9 Å². The van der Waals surface area contributed by atoms with E-state index in [9.17, 15) is 0 Å². The Morgan fingerprint density at radius 3 is 2.95 bits per heavy atom. The van der Waals surface area contributed by atoms with Gasteiger partial charge in [0, 0.05) is 44.3 Å². The largest absolute Gasteiger partial charge is 0.374 e. The molecule has 1 aliphatic carbocycles. The van der Waals surface area contributed by atoms with Gasteiger partial charge in [0.05, 0.1) is 12.7 Å². The Balaban J connectivity index is 1.32. The Hall–Kier alpha value is -0.160. The van der Waals surface area contributed by atoms with Crippen molar-refractivity contribution in [2.24, 2.45) is 0 Å². The molecule has 1 N–H and O–H groups in total. The molecule has 4 nitrogen and oxygen atoms in total. The van der Waals surface area contributed by atoms with Crippen LogP contribution >= 0.6 is 0 Å². The molecule has 4 fully saturated rings. The number of fused-ring (bicyclic) bond motifs is 1. The number of hydrogen-bond acceptors (Lipinski definition) is 4. The molecule has 1 saturated carbocycles. The first-order valence-electron chi connectivity index (χ1n) is 8.66. The molecule has 4 heteroatoms. The standard InChI is InChI=1S/C16H29N3O/c1-2-6-16(5-1)13-18(9-7-17-16)10-15-11-19-8-3-4-14(19)12-20-15/h14-15,17H,1-13H2. The van der Waals surface area contributed by atoms with Gasteiger partial charge < -0.3 is 10.1 Å². The number of morpholine rings is 1. The SMILES string of the molecule is C1CC2COC(CN3CCNC4(CCCC4)C3)CN2C1. The molecule has 3 aliphatic heterocycles. The van der Waals surface area contributed by atoms with Crippen LogP contribution in [0.2, 0.25) is 0 Å². The number of nitrogens with zero attached hydrogens (tertiary/aromatic N) is 2. The van der Waals surface area contributed by atoms with Crippen molar-refractivity contribution >= 4 is 0 Å². The minimum absolute atomic E-state index is 0.445. The van der Waals surface area contributed by atoms with Gasteiger partial charge in [-0.15, -0.1) is 0 Å². The van der Waals surface area contributed by atoms with Gasteiger partial charge >= 0.3 is 0 Å². The van der Waals surface area contributed by atoms with Crippen LogP contribution in [0, 0.1) is 0 Å². The maximum atomic E-state index is 6.14. The van der Waals surface area contributed by atoms with Gasteiger partial charge in [-0.2, -0.15) is 0 Å². The summed E-state index contributed by atoms with van der Waals surface area (Å²) in [4.78, 5) is 5.34. The van der Waals surface area contributed by atoms with Gasteiger partial charge in [0.2, 0.25) is 0 Å². The summed E-state index contributed by atoms with van der Waals surface area (Å²) < 4.78 is 6.14. The van der Waals surface area contributed by atoms with Gasteiger partial charge in [-0.1, -0.05) is 12.8 Å². The predicted molar refractivity (Wildman–Crippen MR) is 80.0 cm³/mol. The first-order valence-corrected chi connectivity index (χ1v) is 8.66. The second kappa shape index (κ2) is 5.56. The van der Waals surface area contributed by atoms with E-state index in [1.165, 1.54) is 71.2 Å². The molecule has 20 heavy (non-hydrogen) atoms. The smallest absolute Gasteiger partial charge is 0.0829 e. The summed E-state index contributed by atoms with van der Waals surface area (Å²) in [6.45, 7) is 8.20. The minimum atomic E-state index is 0.445. The maximum Gasteiger partial charge on any atom is 0.0829 e. The normalized spacial score (nSPS) is 38.4. The lowest BCUT2D eigenvalue weighted by Crippen LogP contribution is -2.61. The molecule has 3 heterocycles. The summed E-state index contributed by atoms with van der Waals surface area (Å²) >= 11 is 0. The van der Waals surface area contributed by atoms with E-state index in [2.05, 4.69) is 15.1 Å². The molecule has 0 radical (unpaired) electrons. The van der Waals surface area contributed by atoms with Crippen LogP contribution in [0.1, 0.15) is 38.5 Å². The van der Waals surface area contributed by atoms with Crippen LogP contribution in [-0.2, 0) is 4.74 Å².